The molecule has 0 saturated heterocycles. The van der Waals surface area contributed by atoms with Crippen molar-refractivity contribution >= 4 is 5.82 Å². The van der Waals surface area contributed by atoms with Gasteiger partial charge in [0.2, 0.25) is 0 Å². The van der Waals surface area contributed by atoms with Gasteiger partial charge in [-0.2, -0.15) is 13.2 Å². The van der Waals surface area contributed by atoms with E-state index < -0.39 is 17.4 Å². The number of H-pyrrole nitrogens is 1. The molecule has 19 heavy (non-hydrogen) atoms. The Morgan fingerprint density at radius 1 is 1.26 bits per heavy atom. The molecule has 0 aromatic carbocycles. The minimum Gasteiger partial charge on any atom is -0.363 e. The van der Waals surface area contributed by atoms with Gasteiger partial charge in [0.1, 0.15) is 17.8 Å². The molecule has 102 valence electrons. The van der Waals surface area contributed by atoms with Crippen LogP contribution in [0.15, 0.2) is 23.3 Å². The van der Waals surface area contributed by atoms with Crippen LogP contribution < -0.4 is 10.5 Å². The highest BCUT2D eigenvalue weighted by molar-refractivity contribution is 5.41. The number of aromatic nitrogens is 4. The Kier molecular flexibility index (Phi) is 3.05. The van der Waals surface area contributed by atoms with Crippen molar-refractivity contribution in [3.63, 3.8) is 0 Å². The maximum atomic E-state index is 12.5. The van der Waals surface area contributed by atoms with E-state index in [0.29, 0.717) is 11.9 Å². The van der Waals surface area contributed by atoms with Crippen molar-refractivity contribution in [2.24, 2.45) is 0 Å². The summed E-state index contributed by atoms with van der Waals surface area (Å²) in [6.07, 6.45) is -3.44. The van der Waals surface area contributed by atoms with E-state index >= 15 is 0 Å². The van der Waals surface area contributed by atoms with E-state index in [0.717, 1.165) is 4.68 Å². The third-order valence-corrected chi connectivity index (χ3v) is 2.35. The van der Waals surface area contributed by atoms with E-state index in [1.54, 1.807) is 19.0 Å². The molecule has 6 nitrogen and oxygen atoms in total. The minimum atomic E-state index is -4.61. The lowest BCUT2D eigenvalue weighted by atomic mass is 10.4. The quantitative estimate of drug-likeness (QED) is 0.887. The highest BCUT2D eigenvalue weighted by Gasteiger charge is 2.33. The number of nitrogens with one attached hydrogen (secondary N) is 1. The van der Waals surface area contributed by atoms with E-state index in [-0.39, 0.29) is 5.82 Å². The number of hydrogen-bond donors (Lipinski definition) is 1. The molecule has 0 saturated carbocycles. The van der Waals surface area contributed by atoms with E-state index in [4.69, 9.17) is 0 Å². The molecule has 0 aliphatic rings. The first-order valence-corrected chi connectivity index (χ1v) is 5.18. The number of aromatic amines is 1. The molecule has 0 amide bonds. The maximum Gasteiger partial charge on any atom is 0.432 e. The Hall–Kier alpha value is -2.32. The average Bonchev–Trinajstić information content (AvgIpc) is 2.71. The molecule has 0 radical (unpaired) electrons. The van der Waals surface area contributed by atoms with Crippen LogP contribution in [0.2, 0.25) is 0 Å². The van der Waals surface area contributed by atoms with Crippen LogP contribution in [0.25, 0.3) is 5.82 Å². The Morgan fingerprint density at radius 2 is 1.95 bits per heavy atom. The Morgan fingerprint density at radius 3 is 2.47 bits per heavy atom. The zero-order valence-electron chi connectivity index (χ0n) is 10.1. The number of rotatable bonds is 2. The molecular formula is C10H10F3N5O. The van der Waals surface area contributed by atoms with Crippen LogP contribution in [0.5, 0.6) is 0 Å². The van der Waals surface area contributed by atoms with Crippen LogP contribution in [0, 0.1) is 0 Å². The second-order valence-corrected chi connectivity index (χ2v) is 3.97. The lowest BCUT2D eigenvalue weighted by Crippen LogP contribution is -2.17. The highest BCUT2D eigenvalue weighted by Crippen LogP contribution is 2.26. The van der Waals surface area contributed by atoms with Crippen LogP contribution >= 0.6 is 0 Å². The summed E-state index contributed by atoms with van der Waals surface area (Å²) in [7, 11) is 3.43. The summed E-state index contributed by atoms with van der Waals surface area (Å²) in [5, 5.41) is 1.97. The predicted octanol–water partition coefficient (Wildman–Crippen LogP) is 1.04. The lowest BCUT2D eigenvalue weighted by molar-refractivity contribution is -0.141. The molecule has 0 unspecified atom stereocenters. The first kappa shape index (κ1) is 13.1. The second-order valence-electron chi connectivity index (χ2n) is 3.97. The van der Waals surface area contributed by atoms with Crippen LogP contribution in [0.3, 0.4) is 0 Å². The summed E-state index contributed by atoms with van der Waals surface area (Å²) in [6.45, 7) is 0. The SMILES string of the molecule is CN(C)c1cc(-n2[nH]c(C(F)(F)F)cc2=O)ncn1. The summed E-state index contributed by atoms with van der Waals surface area (Å²) in [5.74, 6) is 0.513. The van der Waals surface area contributed by atoms with Gasteiger partial charge in [0.15, 0.2) is 5.82 Å². The van der Waals surface area contributed by atoms with Crippen molar-refractivity contribution in [2.75, 3.05) is 19.0 Å². The smallest absolute Gasteiger partial charge is 0.363 e. The fraction of sp³-hybridized carbons (Fsp3) is 0.300. The van der Waals surface area contributed by atoms with Crippen LogP contribution in [-0.4, -0.2) is 33.8 Å². The molecule has 0 fully saturated rings. The number of anilines is 1. The number of hydrogen-bond acceptors (Lipinski definition) is 4. The van der Waals surface area contributed by atoms with Crippen molar-refractivity contribution in [1.29, 1.82) is 0 Å². The van der Waals surface area contributed by atoms with Crippen molar-refractivity contribution in [3.8, 4) is 5.82 Å². The normalized spacial score (nSPS) is 11.6. The van der Waals surface area contributed by atoms with Gasteiger partial charge >= 0.3 is 6.18 Å². The minimum absolute atomic E-state index is 0.0409. The molecule has 0 atom stereocenters. The molecular weight excluding hydrogens is 263 g/mol. The van der Waals surface area contributed by atoms with Crippen LogP contribution in [-0.2, 0) is 6.18 Å². The Bertz CT molecular complexity index is 643. The van der Waals surface area contributed by atoms with Crippen molar-refractivity contribution in [1.82, 2.24) is 19.7 Å². The summed E-state index contributed by atoms with van der Waals surface area (Å²) in [6, 6.07) is 1.88. The largest absolute Gasteiger partial charge is 0.432 e. The first-order chi connectivity index (χ1) is 8.79. The topological polar surface area (TPSA) is 66.8 Å². The van der Waals surface area contributed by atoms with Gasteiger partial charge in [-0.15, -0.1) is 0 Å². The fourth-order valence-electron chi connectivity index (χ4n) is 1.42. The number of alkyl halides is 3. The maximum absolute atomic E-state index is 12.5. The van der Waals surface area contributed by atoms with Gasteiger partial charge in [0.05, 0.1) is 0 Å². The number of nitrogens with zero attached hydrogens (tertiary/aromatic N) is 4. The molecule has 2 aromatic rings. The fourth-order valence-corrected chi connectivity index (χ4v) is 1.42. The molecule has 2 rings (SSSR count). The van der Waals surface area contributed by atoms with Crippen LogP contribution in [0.1, 0.15) is 5.69 Å². The monoisotopic (exact) mass is 273 g/mol. The summed E-state index contributed by atoms with van der Waals surface area (Å²) in [5.41, 5.74) is -1.96. The molecule has 2 aromatic heterocycles. The zero-order chi connectivity index (χ0) is 14.2. The van der Waals surface area contributed by atoms with Gasteiger partial charge in [-0.3, -0.25) is 9.89 Å². The van der Waals surface area contributed by atoms with Gasteiger partial charge in [-0.25, -0.2) is 14.6 Å². The molecule has 0 aliphatic heterocycles. The standard InChI is InChI=1S/C10H10F3N5O/c1-17(2)7-4-8(15-5-14-7)18-9(19)3-6(16-18)10(11,12)13/h3-5,16H,1-2H3. The van der Waals surface area contributed by atoms with Crippen molar-refractivity contribution in [2.45, 2.75) is 6.18 Å². The van der Waals surface area contributed by atoms with Crippen molar-refractivity contribution < 1.29 is 13.2 Å². The summed E-state index contributed by atoms with van der Waals surface area (Å²) in [4.78, 5) is 20.9. The molecule has 0 aliphatic carbocycles. The molecule has 1 N–H and O–H groups in total. The van der Waals surface area contributed by atoms with Gasteiger partial charge in [0.25, 0.3) is 5.56 Å². The second kappa shape index (κ2) is 4.41. The number of halogens is 3. The van der Waals surface area contributed by atoms with E-state index in [1.807, 2.05) is 5.10 Å². The molecule has 2 heterocycles. The highest BCUT2D eigenvalue weighted by atomic mass is 19.4. The van der Waals surface area contributed by atoms with Gasteiger partial charge in [0, 0.05) is 26.2 Å². The van der Waals surface area contributed by atoms with Crippen molar-refractivity contribution in [3.05, 3.63) is 34.5 Å². The molecule has 0 spiro atoms. The molecule has 0 bridgehead atoms. The average molecular weight is 273 g/mol. The lowest BCUT2D eigenvalue weighted by Gasteiger charge is -2.11. The first-order valence-electron chi connectivity index (χ1n) is 5.18. The van der Waals surface area contributed by atoms with Gasteiger partial charge in [-0.1, -0.05) is 0 Å². The van der Waals surface area contributed by atoms with E-state index in [9.17, 15) is 18.0 Å². The summed E-state index contributed by atoms with van der Waals surface area (Å²) < 4.78 is 38.2. The van der Waals surface area contributed by atoms with Gasteiger partial charge < -0.3 is 4.90 Å². The molecule has 9 heteroatoms. The Balaban J connectivity index is 2.51. The van der Waals surface area contributed by atoms with E-state index in [2.05, 4.69) is 9.97 Å². The van der Waals surface area contributed by atoms with Crippen LogP contribution in [0.4, 0.5) is 19.0 Å². The zero-order valence-corrected chi connectivity index (χ0v) is 10.1. The third kappa shape index (κ3) is 2.59. The Labute approximate surface area is 105 Å². The van der Waals surface area contributed by atoms with Gasteiger partial charge in [-0.05, 0) is 0 Å². The summed E-state index contributed by atoms with van der Waals surface area (Å²) >= 11 is 0. The van der Waals surface area contributed by atoms with E-state index in [1.165, 1.54) is 12.4 Å². The third-order valence-electron chi connectivity index (χ3n) is 2.35. The predicted molar refractivity (Wildman–Crippen MR) is 61.3 cm³/mol.